The smallest absolute Gasteiger partial charge is 0.161 e. The van der Waals surface area contributed by atoms with Crippen LogP contribution in [-0.4, -0.2) is 32.2 Å². The summed E-state index contributed by atoms with van der Waals surface area (Å²) in [6.45, 7) is 0.653. The van der Waals surface area contributed by atoms with Crippen molar-refractivity contribution < 1.29 is 13.5 Å². The van der Waals surface area contributed by atoms with Gasteiger partial charge in [0.15, 0.2) is 11.6 Å². The van der Waals surface area contributed by atoms with Gasteiger partial charge < -0.3 is 14.6 Å². The lowest BCUT2D eigenvalue weighted by molar-refractivity contribution is -0.00132. The van der Waals surface area contributed by atoms with Crippen LogP contribution >= 0.6 is 0 Å². The summed E-state index contributed by atoms with van der Waals surface area (Å²) in [6.07, 6.45) is 6.42. The highest BCUT2D eigenvalue weighted by atomic mass is 19.2. The van der Waals surface area contributed by atoms with Gasteiger partial charge in [-0.2, -0.15) is 0 Å². The van der Waals surface area contributed by atoms with Crippen molar-refractivity contribution in [2.24, 2.45) is 7.05 Å². The second kappa shape index (κ2) is 6.36. The van der Waals surface area contributed by atoms with Crippen molar-refractivity contribution in [2.45, 2.75) is 25.0 Å². The van der Waals surface area contributed by atoms with Crippen molar-refractivity contribution in [3.05, 3.63) is 48.3 Å². The minimum absolute atomic E-state index is 0.0823. The van der Waals surface area contributed by atoms with Crippen LogP contribution in [0.25, 0.3) is 10.9 Å². The zero-order valence-corrected chi connectivity index (χ0v) is 13.6. The Morgan fingerprint density at radius 2 is 2.04 bits per heavy atom. The van der Waals surface area contributed by atoms with E-state index in [-0.39, 0.29) is 12.1 Å². The van der Waals surface area contributed by atoms with Crippen LogP contribution in [0, 0.1) is 11.6 Å². The average molecular weight is 345 g/mol. The highest BCUT2D eigenvalue weighted by molar-refractivity contribution is 5.89. The molecule has 0 saturated carbocycles. The fourth-order valence-electron chi connectivity index (χ4n) is 3.18. The van der Waals surface area contributed by atoms with Gasteiger partial charge in [-0.25, -0.2) is 23.7 Å². The second-order valence-electron chi connectivity index (χ2n) is 6.09. The first-order valence-electron chi connectivity index (χ1n) is 8.08. The van der Waals surface area contributed by atoms with Crippen molar-refractivity contribution in [1.29, 1.82) is 0 Å². The molecular weight excluding hydrogens is 328 g/mol. The first kappa shape index (κ1) is 15.9. The molecule has 0 unspecified atom stereocenters. The molecule has 1 saturated heterocycles. The van der Waals surface area contributed by atoms with Crippen molar-refractivity contribution in [1.82, 2.24) is 19.5 Å². The zero-order valence-electron chi connectivity index (χ0n) is 13.6. The molecule has 1 N–H and O–H groups in total. The van der Waals surface area contributed by atoms with Gasteiger partial charge in [0.05, 0.1) is 11.6 Å². The highest BCUT2D eigenvalue weighted by Crippen LogP contribution is 2.31. The maximum absolute atomic E-state index is 13.7. The Kier molecular flexibility index (Phi) is 4.04. The molecule has 0 aliphatic carbocycles. The number of anilines is 1. The normalized spacial score (nSPS) is 20.8. The average Bonchev–Trinajstić information content (AvgIpc) is 3.03. The fourth-order valence-corrected chi connectivity index (χ4v) is 3.18. The van der Waals surface area contributed by atoms with Gasteiger partial charge in [-0.1, -0.05) is 0 Å². The topological polar surface area (TPSA) is 64.9 Å². The second-order valence-corrected chi connectivity index (χ2v) is 6.09. The van der Waals surface area contributed by atoms with Crippen LogP contribution in [-0.2, 0) is 11.8 Å². The summed E-state index contributed by atoms with van der Waals surface area (Å²) in [5.41, 5.74) is 0.349. The van der Waals surface area contributed by atoms with E-state index in [0.717, 1.165) is 30.8 Å². The molecular formula is C17H17F2N5O. The van der Waals surface area contributed by atoms with E-state index in [1.165, 1.54) is 6.33 Å². The fraction of sp³-hybridized carbons (Fsp3) is 0.353. The van der Waals surface area contributed by atoms with Gasteiger partial charge in [0, 0.05) is 37.5 Å². The van der Waals surface area contributed by atoms with Crippen molar-refractivity contribution >= 4 is 16.7 Å². The van der Waals surface area contributed by atoms with E-state index in [0.29, 0.717) is 23.3 Å². The predicted octanol–water partition coefficient (Wildman–Crippen LogP) is 2.97. The van der Waals surface area contributed by atoms with E-state index in [9.17, 15) is 8.78 Å². The Hall–Kier alpha value is -2.61. The van der Waals surface area contributed by atoms with Crippen LogP contribution in [0.1, 0.15) is 24.8 Å². The van der Waals surface area contributed by atoms with E-state index in [1.54, 1.807) is 6.20 Å². The van der Waals surface area contributed by atoms with Crippen LogP contribution in [0.15, 0.2) is 30.9 Å². The minimum Gasteiger partial charge on any atom is -0.368 e. The standard InChI is InChI=1S/C17H17F2N5O/c1-24-5-4-20-17(24)15-13(3-2-6-25-15)23-16-10-7-11(18)12(19)8-14(10)21-9-22-16/h4-5,7-9,13,15H,2-3,6H2,1H3,(H,21,22,23)/t13-,15-/m0/s1. The van der Waals surface area contributed by atoms with E-state index in [1.807, 2.05) is 17.8 Å². The number of aryl methyl sites for hydroxylation is 1. The van der Waals surface area contributed by atoms with Crippen LogP contribution in [0.2, 0.25) is 0 Å². The van der Waals surface area contributed by atoms with Crippen LogP contribution in [0.3, 0.4) is 0 Å². The van der Waals surface area contributed by atoms with Gasteiger partial charge in [0.25, 0.3) is 0 Å². The largest absolute Gasteiger partial charge is 0.368 e. The SMILES string of the molecule is Cn1ccnc1[C@H]1OCCC[C@@H]1Nc1ncnc2cc(F)c(F)cc12. The summed E-state index contributed by atoms with van der Waals surface area (Å²) in [6, 6.07) is 2.11. The number of hydrogen-bond acceptors (Lipinski definition) is 5. The zero-order chi connectivity index (χ0) is 17.4. The first-order chi connectivity index (χ1) is 12.1. The van der Waals surface area contributed by atoms with Gasteiger partial charge in [0.2, 0.25) is 0 Å². The van der Waals surface area contributed by atoms with Gasteiger partial charge >= 0.3 is 0 Å². The van der Waals surface area contributed by atoms with E-state index in [2.05, 4.69) is 20.3 Å². The number of ether oxygens (including phenoxy) is 1. The Morgan fingerprint density at radius 1 is 1.20 bits per heavy atom. The van der Waals surface area contributed by atoms with E-state index >= 15 is 0 Å². The third-order valence-corrected chi connectivity index (χ3v) is 4.43. The molecule has 2 aromatic heterocycles. The Bertz CT molecular complexity index is 913. The summed E-state index contributed by atoms with van der Waals surface area (Å²) in [5.74, 6) is -0.582. The Balaban J connectivity index is 1.69. The molecule has 1 aliphatic heterocycles. The number of nitrogens with zero attached hydrogens (tertiary/aromatic N) is 4. The molecule has 130 valence electrons. The van der Waals surface area contributed by atoms with Crippen molar-refractivity contribution in [3.8, 4) is 0 Å². The van der Waals surface area contributed by atoms with Crippen molar-refractivity contribution in [2.75, 3.05) is 11.9 Å². The van der Waals surface area contributed by atoms with E-state index < -0.39 is 11.6 Å². The molecule has 6 nitrogen and oxygen atoms in total. The predicted molar refractivity (Wildman–Crippen MR) is 88.0 cm³/mol. The maximum atomic E-state index is 13.7. The Labute approximate surface area is 142 Å². The molecule has 3 aromatic rings. The number of aromatic nitrogens is 4. The molecule has 8 heteroatoms. The van der Waals surface area contributed by atoms with E-state index in [4.69, 9.17) is 4.74 Å². The van der Waals surface area contributed by atoms with Gasteiger partial charge in [-0.05, 0) is 18.9 Å². The number of imidazole rings is 1. The van der Waals surface area contributed by atoms with Gasteiger partial charge in [-0.3, -0.25) is 0 Å². The molecule has 1 aliphatic rings. The number of fused-ring (bicyclic) bond motifs is 1. The van der Waals surface area contributed by atoms with Crippen LogP contribution in [0.5, 0.6) is 0 Å². The number of halogens is 2. The maximum Gasteiger partial charge on any atom is 0.161 e. The quantitative estimate of drug-likeness (QED) is 0.791. The summed E-state index contributed by atoms with van der Waals surface area (Å²) < 4.78 is 34.9. The molecule has 0 radical (unpaired) electrons. The van der Waals surface area contributed by atoms with Crippen LogP contribution in [0.4, 0.5) is 14.6 Å². The third kappa shape index (κ3) is 2.93. The van der Waals surface area contributed by atoms with Crippen molar-refractivity contribution in [3.63, 3.8) is 0 Å². The molecule has 25 heavy (non-hydrogen) atoms. The first-order valence-corrected chi connectivity index (χ1v) is 8.08. The van der Waals surface area contributed by atoms with Crippen LogP contribution < -0.4 is 5.32 Å². The number of hydrogen-bond donors (Lipinski definition) is 1. The molecule has 2 atom stereocenters. The molecule has 1 aromatic carbocycles. The lowest BCUT2D eigenvalue weighted by atomic mass is 10.0. The summed E-state index contributed by atoms with van der Waals surface area (Å²) in [4.78, 5) is 12.6. The number of nitrogens with one attached hydrogen (secondary N) is 1. The number of rotatable bonds is 3. The molecule has 3 heterocycles. The summed E-state index contributed by atoms with van der Waals surface area (Å²) >= 11 is 0. The lowest BCUT2D eigenvalue weighted by Crippen LogP contribution is -2.35. The summed E-state index contributed by atoms with van der Waals surface area (Å²) in [5, 5.41) is 3.75. The molecule has 0 spiro atoms. The Morgan fingerprint density at radius 3 is 2.84 bits per heavy atom. The summed E-state index contributed by atoms with van der Waals surface area (Å²) in [7, 11) is 1.91. The van der Waals surface area contributed by atoms with Gasteiger partial charge in [0.1, 0.15) is 24.1 Å². The highest BCUT2D eigenvalue weighted by Gasteiger charge is 2.31. The third-order valence-electron chi connectivity index (χ3n) is 4.43. The number of benzene rings is 1. The molecule has 0 bridgehead atoms. The van der Waals surface area contributed by atoms with Gasteiger partial charge in [-0.15, -0.1) is 0 Å². The molecule has 0 amide bonds. The minimum atomic E-state index is -0.927. The lowest BCUT2D eigenvalue weighted by Gasteiger charge is -2.32. The molecule has 1 fully saturated rings. The monoisotopic (exact) mass is 345 g/mol. The molecule has 4 rings (SSSR count).